The molecule has 0 aliphatic carbocycles. The fraction of sp³-hybridized carbons (Fsp3) is 0.818. The van der Waals surface area contributed by atoms with Crippen molar-refractivity contribution >= 4 is 5.91 Å². The predicted molar refractivity (Wildman–Crippen MR) is 63.5 cm³/mol. The molecule has 1 fully saturated rings. The smallest absolute Gasteiger partial charge is 0.244 e. The first kappa shape index (κ1) is 12.9. The number of aryl methyl sites for hydroxylation is 1. The van der Waals surface area contributed by atoms with Gasteiger partial charge in [0.1, 0.15) is 12.4 Å². The van der Waals surface area contributed by atoms with Crippen LogP contribution in [-0.4, -0.2) is 54.8 Å². The van der Waals surface area contributed by atoms with Crippen molar-refractivity contribution in [3.05, 3.63) is 5.82 Å². The summed E-state index contributed by atoms with van der Waals surface area (Å²) in [5, 5.41) is 21.1. The first-order valence-electron chi connectivity index (χ1n) is 6.13. The van der Waals surface area contributed by atoms with Gasteiger partial charge >= 0.3 is 0 Å². The zero-order chi connectivity index (χ0) is 13.3. The number of hydrogen-bond donors (Lipinski definition) is 1. The molecule has 0 radical (unpaired) electrons. The summed E-state index contributed by atoms with van der Waals surface area (Å²) in [6.07, 6.45) is 0.606. The van der Waals surface area contributed by atoms with Gasteiger partial charge in [0.05, 0.1) is 5.60 Å². The van der Waals surface area contributed by atoms with Crippen LogP contribution in [0.2, 0.25) is 0 Å². The van der Waals surface area contributed by atoms with Crippen LogP contribution < -0.4 is 0 Å². The highest BCUT2D eigenvalue weighted by Gasteiger charge is 2.36. The molecule has 1 amide bonds. The van der Waals surface area contributed by atoms with E-state index in [9.17, 15) is 9.90 Å². The van der Waals surface area contributed by atoms with Crippen molar-refractivity contribution in [1.29, 1.82) is 0 Å². The number of amides is 1. The van der Waals surface area contributed by atoms with Gasteiger partial charge in [0.25, 0.3) is 0 Å². The highest BCUT2D eigenvalue weighted by molar-refractivity contribution is 5.76. The molecule has 2 rings (SSSR count). The average Bonchev–Trinajstić information content (AvgIpc) is 2.68. The van der Waals surface area contributed by atoms with E-state index in [4.69, 9.17) is 0 Å². The first-order valence-corrected chi connectivity index (χ1v) is 6.13. The van der Waals surface area contributed by atoms with Crippen LogP contribution in [0.3, 0.4) is 0 Å². The average molecular weight is 253 g/mol. The Kier molecular flexibility index (Phi) is 3.34. The van der Waals surface area contributed by atoms with Crippen LogP contribution in [0, 0.1) is 12.8 Å². The van der Waals surface area contributed by atoms with Crippen LogP contribution in [0.25, 0.3) is 0 Å². The van der Waals surface area contributed by atoms with Crippen molar-refractivity contribution in [2.24, 2.45) is 5.92 Å². The lowest BCUT2D eigenvalue weighted by Gasteiger charge is -2.41. The maximum absolute atomic E-state index is 12.1. The minimum atomic E-state index is -0.679. The number of likely N-dealkylation sites (tertiary alicyclic amines) is 1. The summed E-state index contributed by atoms with van der Waals surface area (Å²) < 4.78 is 1.49. The highest BCUT2D eigenvalue weighted by atomic mass is 16.3. The molecule has 1 aromatic rings. The summed E-state index contributed by atoms with van der Waals surface area (Å²) in [6, 6.07) is 0. The normalized spacial score (nSPS) is 28.4. The minimum Gasteiger partial charge on any atom is -0.390 e. The summed E-state index contributed by atoms with van der Waals surface area (Å²) in [5.41, 5.74) is -0.679. The van der Waals surface area contributed by atoms with Crippen LogP contribution in [0.1, 0.15) is 26.1 Å². The van der Waals surface area contributed by atoms with E-state index in [-0.39, 0.29) is 18.4 Å². The van der Waals surface area contributed by atoms with Crippen molar-refractivity contribution in [2.75, 3.05) is 13.1 Å². The second-order valence-electron chi connectivity index (χ2n) is 5.23. The topological polar surface area (TPSA) is 84.1 Å². The van der Waals surface area contributed by atoms with E-state index in [1.54, 1.807) is 11.8 Å². The molecule has 0 saturated carbocycles. The van der Waals surface area contributed by atoms with Gasteiger partial charge in [0, 0.05) is 19.0 Å². The Balaban J connectivity index is 1.97. The van der Waals surface area contributed by atoms with E-state index < -0.39 is 5.60 Å². The maximum atomic E-state index is 12.1. The molecule has 0 aromatic carbocycles. The number of aliphatic hydroxyl groups is 1. The van der Waals surface area contributed by atoms with Gasteiger partial charge in [-0.1, -0.05) is 6.92 Å². The molecule has 1 aliphatic rings. The SMILES string of the molecule is Cc1nnnn1CC(=O)N1CC[C@](C)(O)[C@H](C)C1. The number of nitrogens with zero attached hydrogens (tertiary/aromatic N) is 5. The third kappa shape index (κ3) is 2.50. The van der Waals surface area contributed by atoms with E-state index >= 15 is 0 Å². The zero-order valence-electron chi connectivity index (χ0n) is 11.0. The van der Waals surface area contributed by atoms with Crippen molar-refractivity contribution in [1.82, 2.24) is 25.1 Å². The summed E-state index contributed by atoms with van der Waals surface area (Å²) >= 11 is 0. The Bertz CT molecular complexity index is 442. The molecule has 1 aromatic heterocycles. The fourth-order valence-corrected chi connectivity index (χ4v) is 2.08. The van der Waals surface area contributed by atoms with E-state index in [0.717, 1.165) is 0 Å². The highest BCUT2D eigenvalue weighted by Crippen LogP contribution is 2.27. The lowest BCUT2D eigenvalue weighted by Crippen LogP contribution is -2.51. The Morgan fingerprint density at radius 1 is 1.61 bits per heavy atom. The monoisotopic (exact) mass is 253 g/mol. The van der Waals surface area contributed by atoms with Gasteiger partial charge in [-0.15, -0.1) is 5.10 Å². The molecular formula is C11H19N5O2. The third-order valence-electron chi connectivity index (χ3n) is 3.79. The molecule has 2 atom stereocenters. The van der Waals surface area contributed by atoms with E-state index in [2.05, 4.69) is 15.5 Å². The first-order chi connectivity index (χ1) is 8.40. The number of aromatic nitrogens is 4. The fourth-order valence-electron chi connectivity index (χ4n) is 2.08. The van der Waals surface area contributed by atoms with Crippen LogP contribution >= 0.6 is 0 Å². The van der Waals surface area contributed by atoms with Gasteiger partial charge in [-0.25, -0.2) is 4.68 Å². The van der Waals surface area contributed by atoms with E-state index in [1.165, 1.54) is 4.68 Å². The molecule has 7 heteroatoms. The molecule has 100 valence electrons. The van der Waals surface area contributed by atoms with Gasteiger partial charge in [0.15, 0.2) is 0 Å². The second kappa shape index (κ2) is 4.64. The molecular weight excluding hydrogens is 234 g/mol. The van der Waals surface area contributed by atoms with Crippen molar-refractivity contribution < 1.29 is 9.90 Å². The maximum Gasteiger partial charge on any atom is 0.244 e. The molecule has 1 saturated heterocycles. The molecule has 2 heterocycles. The van der Waals surface area contributed by atoms with Crippen molar-refractivity contribution in [3.63, 3.8) is 0 Å². The summed E-state index contributed by atoms with van der Waals surface area (Å²) in [4.78, 5) is 13.9. The molecule has 0 spiro atoms. The number of rotatable bonds is 2. The van der Waals surface area contributed by atoms with Crippen LogP contribution in [0.15, 0.2) is 0 Å². The third-order valence-corrected chi connectivity index (χ3v) is 3.79. The predicted octanol–water partition coefficient (Wildman–Crippen LogP) is -0.399. The molecule has 18 heavy (non-hydrogen) atoms. The molecule has 0 bridgehead atoms. The largest absolute Gasteiger partial charge is 0.390 e. The molecule has 0 unspecified atom stereocenters. The Morgan fingerprint density at radius 3 is 2.89 bits per heavy atom. The van der Waals surface area contributed by atoms with Crippen molar-refractivity contribution in [3.8, 4) is 0 Å². The zero-order valence-corrected chi connectivity index (χ0v) is 11.0. The van der Waals surface area contributed by atoms with E-state index in [1.807, 2.05) is 13.8 Å². The number of carbonyl (C=O) groups excluding carboxylic acids is 1. The van der Waals surface area contributed by atoms with Crippen LogP contribution in [-0.2, 0) is 11.3 Å². The Hall–Kier alpha value is -1.50. The molecule has 1 N–H and O–H groups in total. The number of carbonyl (C=O) groups is 1. The van der Waals surface area contributed by atoms with Crippen LogP contribution in [0.4, 0.5) is 0 Å². The van der Waals surface area contributed by atoms with Gasteiger partial charge in [-0.05, 0) is 30.7 Å². The summed E-state index contributed by atoms with van der Waals surface area (Å²) in [6.45, 7) is 6.86. The Labute approximate surface area is 106 Å². The van der Waals surface area contributed by atoms with Crippen LogP contribution in [0.5, 0.6) is 0 Å². The standard InChI is InChI=1S/C11H19N5O2/c1-8-6-15(5-4-11(8,3)18)10(17)7-16-9(2)12-13-14-16/h8,18H,4-7H2,1-3H3/t8-,11+/m1/s1. The number of piperidine rings is 1. The van der Waals surface area contributed by atoms with Gasteiger partial charge in [0.2, 0.25) is 5.91 Å². The molecule has 7 nitrogen and oxygen atoms in total. The van der Waals surface area contributed by atoms with Crippen molar-refractivity contribution in [2.45, 2.75) is 39.3 Å². The lowest BCUT2D eigenvalue weighted by atomic mass is 9.84. The van der Waals surface area contributed by atoms with Gasteiger partial charge < -0.3 is 10.0 Å². The molecule has 1 aliphatic heterocycles. The Morgan fingerprint density at radius 2 is 2.33 bits per heavy atom. The quantitative estimate of drug-likeness (QED) is 0.775. The van der Waals surface area contributed by atoms with E-state index in [0.29, 0.717) is 25.3 Å². The lowest BCUT2D eigenvalue weighted by molar-refractivity contribution is -0.139. The second-order valence-corrected chi connectivity index (χ2v) is 5.23. The number of hydrogen-bond acceptors (Lipinski definition) is 5. The summed E-state index contributed by atoms with van der Waals surface area (Å²) in [7, 11) is 0. The number of tetrazole rings is 1. The minimum absolute atomic E-state index is 0.00671. The summed E-state index contributed by atoms with van der Waals surface area (Å²) in [5.74, 6) is 0.693. The van der Waals surface area contributed by atoms with Gasteiger partial charge in [-0.3, -0.25) is 4.79 Å². The van der Waals surface area contributed by atoms with Gasteiger partial charge in [-0.2, -0.15) is 0 Å².